The van der Waals surface area contributed by atoms with Crippen molar-refractivity contribution in [1.82, 2.24) is 24.8 Å². The van der Waals surface area contributed by atoms with Gasteiger partial charge >= 0.3 is 0 Å². The van der Waals surface area contributed by atoms with Crippen LogP contribution in [0, 0.1) is 0 Å². The molecule has 1 aromatic carbocycles. The fraction of sp³-hybridized carbons (Fsp3) is 0.379. The Hall–Kier alpha value is -3.76. The number of fused-ring (bicyclic) bond motifs is 2. The third kappa shape index (κ3) is 5.02. The molecule has 2 aliphatic heterocycles. The number of hydrogen-bond acceptors (Lipinski definition) is 7. The van der Waals surface area contributed by atoms with Gasteiger partial charge in [0, 0.05) is 30.1 Å². The van der Waals surface area contributed by atoms with Gasteiger partial charge in [0.25, 0.3) is 17.4 Å². The van der Waals surface area contributed by atoms with Crippen molar-refractivity contribution in [1.29, 1.82) is 0 Å². The van der Waals surface area contributed by atoms with Crippen molar-refractivity contribution >= 4 is 39.9 Å². The molecule has 9 nitrogen and oxygen atoms in total. The van der Waals surface area contributed by atoms with Crippen LogP contribution in [-0.4, -0.2) is 68.8 Å². The number of nitrogens with zero attached hydrogens (tertiary/aromatic N) is 3. The molecular weight excluding hydrogens is 512 g/mol. The van der Waals surface area contributed by atoms with Gasteiger partial charge in [0.2, 0.25) is 0 Å². The molecule has 2 amide bonds. The highest BCUT2D eigenvalue weighted by Gasteiger charge is 2.36. The number of carbonyl (C=O) groups excluding carboxylic acids is 2. The zero-order valence-corrected chi connectivity index (χ0v) is 22.8. The van der Waals surface area contributed by atoms with Crippen LogP contribution in [0.5, 0.6) is 0 Å². The van der Waals surface area contributed by atoms with E-state index in [1.54, 1.807) is 29.7 Å². The first-order valence-corrected chi connectivity index (χ1v) is 14.5. The van der Waals surface area contributed by atoms with Crippen LogP contribution in [-0.2, 0) is 6.42 Å². The van der Waals surface area contributed by atoms with E-state index >= 15 is 0 Å². The van der Waals surface area contributed by atoms with Gasteiger partial charge in [0.15, 0.2) is 0 Å². The van der Waals surface area contributed by atoms with Crippen molar-refractivity contribution in [2.75, 3.05) is 31.5 Å². The molecule has 1 saturated heterocycles. The molecule has 10 heteroatoms. The molecule has 1 fully saturated rings. The summed E-state index contributed by atoms with van der Waals surface area (Å²) in [5.41, 5.74) is 2.73. The molecule has 39 heavy (non-hydrogen) atoms. The molecule has 4 aromatic rings. The maximum Gasteiger partial charge on any atom is 0.261 e. The van der Waals surface area contributed by atoms with E-state index < -0.39 is 0 Å². The zero-order valence-electron chi connectivity index (χ0n) is 22.0. The monoisotopic (exact) mass is 544 g/mol. The number of imidazole rings is 1. The molecule has 0 aliphatic carbocycles. The molecule has 1 atom stereocenters. The fourth-order valence-electron chi connectivity index (χ4n) is 5.60. The smallest absolute Gasteiger partial charge is 0.261 e. The first kappa shape index (κ1) is 25.5. The first-order valence-electron chi connectivity index (χ1n) is 13.6. The largest absolute Gasteiger partial charge is 0.381 e. The summed E-state index contributed by atoms with van der Waals surface area (Å²) in [5, 5.41) is 5.60. The summed E-state index contributed by atoms with van der Waals surface area (Å²) in [7, 11) is 0. The van der Waals surface area contributed by atoms with Crippen molar-refractivity contribution in [2.45, 2.75) is 45.1 Å². The van der Waals surface area contributed by atoms with Crippen LogP contribution in [0.1, 0.15) is 58.2 Å². The molecule has 0 radical (unpaired) electrons. The Morgan fingerprint density at radius 2 is 1.87 bits per heavy atom. The van der Waals surface area contributed by atoms with Crippen LogP contribution in [0.15, 0.2) is 46.7 Å². The summed E-state index contributed by atoms with van der Waals surface area (Å²) in [6.07, 6.45) is 6.56. The van der Waals surface area contributed by atoms with Crippen molar-refractivity contribution in [2.24, 2.45) is 0 Å². The summed E-state index contributed by atoms with van der Waals surface area (Å²) in [6.45, 7) is 5.61. The Kier molecular flexibility index (Phi) is 7.05. The Morgan fingerprint density at radius 3 is 2.62 bits per heavy atom. The highest BCUT2D eigenvalue weighted by atomic mass is 32.1. The second-order valence-corrected chi connectivity index (χ2v) is 11.3. The Bertz CT molecular complexity index is 1510. The van der Waals surface area contributed by atoms with Crippen LogP contribution in [0.4, 0.5) is 5.69 Å². The standard InChI is InChI=1S/C29H32N6O3S/c1-2-18(15-19-7-5-14-39-19)31-22-8-9-30-27(36)25(22)26-32-23-16-20-21(17-24(23)33-26)29(38)35(28(20)37)13-6-12-34-10-3-4-11-34/h5,7-9,14,16-18H,2-4,6,10-13,15H2,1H3,(H,32,33)(H2,30,31,36). The number of benzene rings is 1. The number of nitrogens with one attached hydrogen (secondary N) is 3. The van der Waals surface area contributed by atoms with Crippen molar-refractivity contribution < 1.29 is 9.59 Å². The molecule has 6 rings (SSSR count). The number of thiophene rings is 1. The highest BCUT2D eigenvalue weighted by Crippen LogP contribution is 2.31. The van der Waals surface area contributed by atoms with Gasteiger partial charge in [0.1, 0.15) is 11.4 Å². The van der Waals surface area contributed by atoms with Crippen LogP contribution >= 0.6 is 11.3 Å². The van der Waals surface area contributed by atoms with Crippen LogP contribution in [0.3, 0.4) is 0 Å². The Morgan fingerprint density at radius 1 is 1.08 bits per heavy atom. The molecule has 0 bridgehead atoms. The minimum Gasteiger partial charge on any atom is -0.381 e. The number of aromatic nitrogens is 3. The van der Waals surface area contributed by atoms with Crippen molar-refractivity contribution in [3.05, 3.63) is 68.3 Å². The summed E-state index contributed by atoms with van der Waals surface area (Å²) >= 11 is 1.72. The summed E-state index contributed by atoms with van der Waals surface area (Å²) in [5.74, 6) is -0.151. The summed E-state index contributed by atoms with van der Waals surface area (Å²) in [4.78, 5) is 54.9. The predicted molar refractivity (Wildman–Crippen MR) is 154 cm³/mol. The average molecular weight is 545 g/mol. The minimum atomic E-state index is -0.276. The SMILES string of the molecule is CCC(Cc1cccs1)Nc1cc[nH]c(=O)c1-c1nc2cc3c(cc2[nH]1)C(=O)N(CCCN1CCCC1)C3=O. The number of carbonyl (C=O) groups is 2. The lowest BCUT2D eigenvalue weighted by molar-refractivity contribution is 0.0648. The van der Waals surface area contributed by atoms with Crippen molar-refractivity contribution in [3.63, 3.8) is 0 Å². The summed E-state index contributed by atoms with van der Waals surface area (Å²) < 4.78 is 0. The third-order valence-electron chi connectivity index (χ3n) is 7.70. The van der Waals surface area contributed by atoms with E-state index in [9.17, 15) is 14.4 Å². The number of hydrogen-bond donors (Lipinski definition) is 3. The van der Waals surface area contributed by atoms with Crippen LogP contribution in [0.2, 0.25) is 0 Å². The van der Waals surface area contributed by atoms with Gasteiger partial charge in [-0.05, 0) is 75.0 Å². The minimum absolute atomic E-state index is 0.143. The number of likely N-dealkylation sites (tertiary alicyclic amines) is 1. The van der Waals surface area contributed by atoms with Gasteiger partial charge in [-0.2, -0.15) is 0 Å². The molecule has 0 spiro atoms. The zero-order chi connectivity index (χ0) is 26.9. The number of aromatic amines is 2. The Balaban J connectivity index is 1.25. The third-order valence-corrected chi connectivity index (χ3v) is 8.60. The fourth-order valence-corrected chi connectivity index (χ4v) is 6.38. The van der Waals surface area contributed by atoms with E-state index in [1.807, 2.05) is 12.1 Å². The molecule has 202 valence electrons. The lowest BCUT2D eigenvalue weighted by atomic mass is 10.1. The Labute approximate surface area is 230 Å². The lowest BCUT2D eigenvalue weighted by Crippen LogP contribution is -2.33. The highest BCUT2D eigenvalue weighted by molar-refractivity contribution is 7.09. The second kappa shape index (κ2) is 10.8. The number of H-pyrrole nitrogens is 2. The number of pyridine rings is 1. The number of imide groups is 1. The van der Waals surface area contributed by atoms with E-state index in [1.165, 1.54) is 22.6 Å². The molecular formula is C29H32N6O3S. The maximum absolute atomic E-state index is 13.1. The molecule has 1 unspecified atom stereocenters. The normalized spacial score (nSPS) is 16.4. The van der Waals surface area contributed by atoms with Gasteiger partial charge in [0.05, 0.1) is 27.8 Å². The van der Waals surface area contributed by atoms with Gasteiger partial charge in [-0.25, -0.2) is 4.98 Å². The lowest BCUT2D eigenvalue weighted by Gasteiger charge is -2.19. The average Bonchev–Trinajstić information content (AvgIpc) is 3.74. The van der Waals surface area contributed by atoms with Crippen LogP contribution < -0.4 is 10.9 Å². The van der Waals surface area contributed by atoms with Crippen LogP contribution in [0.25, 0.3) is 22.4 Å². The maximum atomic E-state index is 13.1. The predicted octanol–water partition coefficient (Wildman–Crippen LogP) is 4.49. The molecule has 5 heterocycles. The van der Waals surface area contributed by atoms with Gasteiger partial charge in [-0.15, -0.1) is 11.3 Å². The van der Waals surface area contributed by atoms with E-state index in [4.69, 9.17) is 0 Å². The molecule has 0 saturated carbocycles. The number of amides is 2. The van der Waals surface area contributed by atoms with E-state index in [2.05, 4.69) is 43.5 Å². The van der Waals surface area contributed by atoms with E-state index in [0.717, 1.165) is 38.9 Å². The van der Waals surface area contributed by atoms with Gasteiger partial charge < -0.3 is 20.2 Å². The van der Waals surface area contributed by atoms with Gasteiger partial charge in [-0.1, -0.05) is 13.0 Å². The molecule has 2 aliphatic rings. The van der Waals surface area contributed by atoms with E-state index in [0.29, 0.717) is 45.8 Å². The topological polar surface area (TPSA) is 114 Å². The van der Waals surface area contributed by atoms with Gasteiger partial charge in [-0.3, -0.25) is 19.3 Å². The first-order chi connectivity index (χ1) is 19.0. The second-order valence-electron chi connectivity index (χ2n) is 10.3. The quantitative estimate of drug-likeness (QED) is 0.254. The molecule has 3 N–H and O–H groups in total. The van der Waals surface area contributed by atoms with Crippen molar-refractivity contribution in [3.8, 4) is 11.4 Å². The summed E-state index contributed by atoms with van der Waals surface area (Å²) in [6, 6.07) is 9.50. The number of rotatable bonds is 10. The molecule has 3 aromatic heterocycles. The van der Waals surface area contributed by atoms with E-state index in [-0.39, 0.29) is 23.4 Å². The number of anilines is 1.